The maximum absolute atomic E-state index is 11.6. The summed E-state index contributed by atoms with van der Waals surface area (Å²) < 4.78 is 13.9. The van der Waals surface area contributed by atoms with Crippen LogP contribution in [0.2, 0.25) is 0 Å². The molecule has 5 heterocycles. The van der Waals surface area contributed by atoms with Crippen LogP contribution in [0.15, 0.2) is 72.8 Å². The monoisotopic (exact) mass is 563 g/mol. The molecule has 214 valence electrons. The molecule has 9 nitrogen and oxygen atoms in total. The number of para-hydroxylation sites is 1. The van der Waals surface area contributed by atoms with Gasteiger partial charge in [0.2, 0.25) is 5.88 Å². The Bertz CT molecular complexity index is 1740. The third kappa shape index (κ3) is 5.57. The molecule has 0 radical (unpaired) electrons. The van der Waals surface area contributed by atoms with E-state index in [1.54, 1.807) is 12.1 Å². The molecule has 2 saturated heterocycles. The van der Waals surface area contributed by atoms with E-state index >= 15 is 0 Å². The molecule has 5 aromatic rings. The topological polar surface area (TPSA) is 103 Å². The average Bonchev–Trinajstić information content (AvgIpc) is 3.34. The maximum Gasteiger partial charge on any atom is 0.335 e. The number of piperidine rings is 1. The molecule has 2 aliphatic heterocycles. The number of benzene rings is 2. The van der Waals surface area contributed by atoms with E-state index in [9.17, 15) is 9.90 Å². The van der Waals surface area contributed by atoms with Gasteiger partial charge in [0.15, 0.2) is 0 Å². The molecular weight excluding hydrogens is 530 g/mol. The lowest BCUT2D eigenvalue weighted by atomic mass is 9.93. The predicted octanol–water partition coefficient (Wildman–Crippen LogP) is 5.43. The van der Waals surface area contributed by atoms with Crippen LogP contribution in [0.4, 0.5) is 0 Å². The molecule has 0 unspecified atom stereocenters. The average molecular weight is 564 g/mol. The maximum atomic E-state index is 11.6. The largest absolute Gasteiger partial charge is 0.478 e. The van der Waals surface area contributed by atoms with Crippen LogP contribution in [0.5, 0.6) is 5.88 Å². The second-order valence-electron chi connectivity index (χ2n) is 11.2. The first-order chi connectivity index (χ1) is 20.6. The predicted molar refractivity (Wildman–Crippen MR) is 159 cm³/mol. The molecule has 0 amide bonds. The van der Waals surface area contributed by atoms with E-state index in [0.717, 1.165) is 78.1 Å². The zero-order chi connectivity index (χ0) is 28.5. The molecule has 7 rings (SSSR count). The number of carboxylic acid groups (broad SMARTS) is 1. The summed E-state index contributed by atoms with van der Waals surface area (Å²) in [7, 11) is 0. The van der Waals surface area contributed by atoms with Crippen molar-refractivity contribution in [2.24, 2.45) is 0 Å². The molecule has 0 bridgehead atoms. The SMILES string of the molecule is O=C(O)c1ccc2nc(CN3CCC(c4cccc(OCc5ccc6ccccc6n5)n4)CC3)n(C[C@@H]3CCO3)c2c1. The van der Waals surface area contributed by atoms with E-state index in [4.69, 9.17) is 24.4 Å². The molecular formula is C33H33N5O4. The van der Waals surface area contributed by atoms with Crippen molar-refractivity contribution in [2.75, 3.05) is 19.7 Å². The van der Waals surface area contributed by atoms with E-state index in [1.165, 1.54) is 0 Å². The van der Waals surface area contributed by atoms with Crippen LogP contribution in [0.1, 0.15) is 52.8 Å². The van der Waals surface area contributed by atoms with Crippen molar-refractivity contribution < 1.29 is 19.4 Å². The van der Waals surface area contributed by atoms with Gasteiger partial charge < -0.3 is 19.1 Å². The fourth-order valence-electron chi connectivity index (χ4n) is 5.92. The fourth-order valence-corrected chi connectivity index (χ4v) is 5.92. The van der Waals surface area contributed by atoms with Crippen molar-refractivity contribution in [3.8, 4) is 5.88 Å². The van der Waals surface area contributed by atoms with Crippen LogP contribution >= 0.6 is 0 Å². The number of carboxylic acids is 1. The number of nitrogens with zero attached hydrogens (tertiary/aromatic N) is 5. The van der Waals surface area contributed by atoms with Gasteiger partial charge in [0.05, 0.1) is 47.0 Å². The summed E-state index contributed by atoms with van der Waals surface area (Å²) in [5, 5.41) is 10.6. The smallest absolute Gasteiger partial charge is 0.335 e. The van der Waals surface area contributed by atoms with Crippen LogP contribution in [0.3, 0.4) is 0 Å². The number of likely N-dealkylation sites (tertiary alicyclic amines) is 1. The lowest BCUT2D eigenvalue weighted by Crippen LogP contribution is -2.35. The van der Waals surface area contributed by atoms with Crippen LogP contribution in [-0.2, 0) is 24.4 Å². The summed E-state index contributed by atoms with van der Waals surface area (Å²) in [4.78, 5) is 28.5. The Morgan fingerprint density at radius 3 is 2.60 bits per heavy atom. The van der Waals surface area contributed by atoms with Crippen molar-refractivity contribution >= 4 is 27.9 Å². The molecule has 2 fully saturated rings. The molecule has 42 heavy (non-hydrogen) atoms. The number of hydrogen-bond acceptors (Lipinski definition) is 7. The van der Waals surface area contributed by atoms with Crippen molar-refractivity contribution in [1.29, 1.82) is 0 Å². The number of carbonyl (C=O) groups is 1. The summed E-state index contributed by atoms with van der Waals surface area (Å²) in [6, 6.07) is 23.3. The molecule has 1 N–H and O–H groups in total. The van der Waals surface area contributed by atoms with Gasteiger partial charge >= 0.3 is 5.97 Å². The number of rotatable bonds is 9. The molecule has 9 heteroatoms. The first kappa shape index (κ1) is 26.6. The number of ether oxygens (including phenoxy) is 2. The molecule has 2 aliphatic rings. The van der Waals surface area contributed by atoms with Crippen molar-refractivity contribution in [3.05, 3.63) is 95.6 Å². The lowest BCUT2D eigenvalue weighted by molar-refractivity contribution is -0.0592. The van der Waals surface area contributed by atoms with Gasteiger partial charge in [-0.25, -0.2) is 19.7 Å². The van der Waals surface area contributed by atoms with Crippen molar-refractivity contribution in [3.63, 3.8) is 0 Å². The van der Waals surface area contributed by atoms with Crippen LogP contribution in [0, 0.1) is 0 Å². The third-order valence-corrected chi connectivity index (χ3v) is 8.39. The summed E-state index contributed by atoms with van der Waals surface area (Å²) in [6.07, 6.45) is 3.16. The minimum absolute atomic E-state index is 0.151. The van der Waals surface area contributed by atoms with Gasteiger partial charge in [0.1, 0.15) is 12.4 Å². The van der Waals surface area contributed by atoms with E-state index in [0.29, 0.717) is 31.5 Å². The van der Waals surface area contributed by atoms with Gasteiger partial charge in [-0.15, -0.1) is 0 Å². The molecule has 3 aromatic heterocycles. The molecule has 0 aliphatic carbocycles. The van der Waals surface area contributed by atoms with Crippen LogP contribution in [-0.4, -0.2) is 61.3 Å². The number of fused-ring (bicyclic) bond motifs is 2. The summed E-state index contributed by atoms with van der Waals surface area (Å²) >= 11 is 0. The molecule has 1 atom stereocenters. The standard InChI is InChI=1S/C33H33N5O4/c39-33(40)24-9-11-29-30(18-24)38(19-26-14-17-41-26)31(35-29)20-37-15-12-23(13-16-37)28-6-3-7-32(36-28)42-21-25-10-8-22-4-1-2-5-27(22)34-25/h1-11,18,23,26H,12-17,19-21H2,(H,39,40)/t26-/m0/s1. The number of imidazole rings is 1. The van der Waals surface area contributed by atoms with E-state index < -0.39 is 5.97 Å². The van der Waals surface area contributed by atoms with Gasteiger partial charge in [-0.1, -0.05) is 30.3 Å². The Morgan fingerprint density at radius 2 is 1.79 bits per heavy atom. The zero-order valence-corrected chi connectivity index (χ0v) is 23.4. The Kier molecular flexibility index (Phi) is 7.27. The van der Waals surface area contributed by atoms with Crippen LogP contribution in [0.25, 0.3) is 21.9 Å². The van der Waals surface area contributed by atoms with Crippen molar-refractivity contribution in [1.82, 2.24) is 24.4 Å². The quantitative estimate of drug-likeness (QED) is 0.254. The van der Waals surface area contributed by atoms with Gasteiger partial charge in [0.25, 0.3) is 0 Å². The number of aromatic carboxylic acids is 1. The summed E-state index contributed by atoms with van der Waals surface area (Å²) in [5.41, 5.74) is 4.86. The highest BCUT2D eigenvalue weighted by molar-refractivity contribution is 5.92. The first-order valence-electron chi connectivity index (χ1n) is 14.6. The highest BCUT2D eigenvalue weighted by Gasteiger charge is 2.26. The number of aromatic nitrogens is 4. The minimum Gasteiger partial charge on any atom is -0.478 e. The highest BCUT2D eigenvalue weighted by Crippen LogP contribution is 2.30. The Balaban J connectivity index is 1.000. The van der Waals surface area contributed by atoms with Crippen LogP contribution < -0.4 is 4.74 Å². The third-order valence-electron chi connectivity index (χ3n) is 8.39. The zero-order valence-electron chi connectivity index (χ0n) is 23.4. The summed E-state index contributed by atoms with van der Waals surface area (Å²) in [5.74, 6) is 1.01. The first-order valence-corrected chi connectivity index (χ1v) is 14.6. The van der Waals surface area contributed by atoms with E-state index in [2.05, 4.69) is 27.7 Å². The van der Waals surface area contributed by atoms with E-state index in [-0.39, 0.29) is 11.7 Å². The number of hydrogen-bond donors (Lipinski definition) is 1. The van der Waals surface area contributed by atoms with Gasteiger partial charge in [-0.2, -0.15) is 0 Å². The highest BCUT2D eigenvalue weighted by atomic mass is 16.5. The summed E-state index contributed by atoms with van der Waals surface area (Å²) in [6.45, 7) is 4.42. The normalized spacial score (nSPS) is 17.9. The Morgan fingerprint density at radius 1 is 0.929 bits per heavy atom. The Hall–Kier alpha value is -4.34. The van der Waals surface area contributed by atoms with Crippen molar-refractivity contribution in [2.45, 2.75) is 51.0 Å². The lowest BCUT2D eigenvalue weighted by Gasteiger charge is -2.32. The van der Waals surface area contributed by atoms with Gasteiger partial charge in [-0.05, 0) is 68.8 Å². The Labute approximate surface area is 243 Å². The molecule has 2 aromatic carbocycles. The van der Waals surface area contributed by atoms with Gasteiger partial charge in [-0.3, -0.25) is 4.90 Å². The van der Waals surface area contributed by atoms with E-state index in [1.807, 2.05) is 42.5 Å². The molecule has 0 spiro atoms. The second kappa shape index (κ2) is 11.5. The second-order valence-corrected chi connectivity index (χ2v) is 11.2. The number of pyridine rings is 2. The molecule has 0 saturated carbocycles. The van der Waals surface area contributed by atoms with Gasteiger partial charge in [0, 0.05) is 29.7 Å². The minimum atomic E-state index is -0.929. The fraction of sp³-hybridized carbons (Fsp3) is 0.333.